The normalized spacial score (nSPS) is 15.0. The minimum absolute atomic E-state index is 0.0831. The number of nitrogens with one attached hydrogen (secondary N) is 1. The highest BCUT2D eigenvalue weighted by molar-refractivity contribution is 8.00. The molecule has 1 aliphatic rings. The van der Waals surface area contributed by atoms with E-state index in [-0.39, 0.29) is 11.2 Å². The van der Waals surface area contributed by atoms with Gasteiger partial charge in [-0.15, -0.1) is 21.5 Å². The maximum absolute atomic E-state index is 12.5. The van der Waals surface area contributed by atoms with Crippen molar-refractivity contribution in [3.05, 3.63) is 46.8 Å². The molecule has 4 rings (SSSR count). The number of benzene rings is 1. The van der Waals surface area contributed by atoms with Gasteiger partial charge in [-0.1, -0.05) is 35.5 Å². The summed E-state index contributed by atoms with van der Waals surface area (Å²) in [6.45, 7) is 1.88. The van der Waals surface area contributed by atoms with Crippen LogP contribution in [0.4, 0.5) is 5.69 Å². The molecule has 134 valence electrons. The Morgan fingerprint density at radius 3 is 2.88 bits per heavy atom. The molecule has 1 aromatic carbocycles. The Morgan fingerprint density at radius 1 is 1.35 bits per heavy atom. The number of aromatic nitrogens is 3. The van der Waals surface area contributed by atoms with Crippen molar-refractivity contribution in [2.75, 3.05) is 5.32 Å². The van der Waals surface area contributed by atoms with Crippen molar-refractivity contribution in [2.45, 2.75) is 36.2 Å². The first-order valence-electron chi connectivity index (χ1n) is 8.33. The lowest BCUT2D eigenvalue weighted by atomic mass is 10.3. The van der Waals surface area contributed by atoms with Crippen molar-refractivity contribution >= 4 is 46.3 Å². The number of amides is 1. The number of halogens is 1. The Balaban J connectivity index is 1.51. The van der Waals surface area contributed by atoms with Crippen LogP contribution in [0.5, 0.6) is 0 Å². The van der Waals surface area contributed by atoms with E-state index in [0.29, 0.717) is 16.8 Å². The van der Waals surface area contributed by atoms with E-state index in [1.54, 1.807) is 23.5 Å². The standard InChI is InChI=1S/C18H17ClN4OS2/c1-11(17(24)20-13-5-2-4-12(19)10-13)26-18-22-21-16(15-6-3-9-25-15)23(18)14-7-8-14/h2-6,9-11,14H,7-8H2,1H3,(H,20,24). The van der Waals surface area contributed by atoms with E-state index < -0.39 is 0 Å². The van der Waals surface area contributed by atoms with Gasteiger partial charge in [0.2, 0.25) is 5.91 Å². The van der Waals surface area contributed by atoms with Crippen molar-refractivity contribution in [3.63, 3.8) is 0 Å². The van der Waals surface area contributed by atoms with Crippen molar-refractivity contribution in [3.8, 4) is 10.7 Å². The van der Waals surface area contributed by atoms with Crippen LogP contribution in [0.1, 0.15) is 25.8 Å². The minimum Gasteiger partial charge on any atom is -0.325 e. The zero-order chi connectivity index (χ0) is 18.1. The summed E-state index contributed by atoms with van der Waals surface area (Å²) in [7, 11) is 0. The molecule has 1 aliphatic carbocycles. The van der Waals surface area contributed by atoms with E-state index in [2.05, 4.69) is 26.1 Å². The van der Waals surface area contributed by atoms with Gasteiger partial charge < -0.3 is 5.32 Å². The molecule has 0 saturated heterocycles. The smallest absolute Gasteiger partial charge is 0.237 e. The number of hydrogen-bond acceptors (Lipinski definition) is 5. The van der Waals surface area contributed by atoms with E-state index >= 15 is 0 Å². The summed E-state index contributed by atoms with van der Waals surface area (Å²) in [5.41, 5.74) is 0.692. The molecule has 1 amide bonds. The average Bonchev–Trinajstić information content (AvgIpc) is 3.14. The summed E-state index contributed by atoms with van der Waals surface area (Å²) < 4.78 is 2.18. The van der Waals surface area contributed by atoms with Gasteiger partial charge in [-0.2, -0.15) is 0 Å². The van der Waals surface area contributed by atoms with Crippen molar-refractivity contribution in [1.29, 1.82) is 0 Å². The zero-order valence-corrected chi connectivity index (χ0v) is 16.4. The van der Waals surface area contributed by atoms with Crippen LogP contribution >= 0.6 is 34.7 Å². The number of carbonyl (C=O) groups is 1. The van der Waals surface area contributed by atoms with Crippen molar-refractivity contribution < 1.29 is 4.79 Å². The highest BCUT2D eigenvalue weighted by Crippen LogP contribution is 2.42. The zero-order valence-electron chi connectivity index (χ0n) is 14.1. The molecule has 5 nitrogen and oxygen atoms in total. The van der Waals surface area contributed by atoms with Gasteiger partial charge in [0.15, 0.2) is 11.0 Å². The molecular weight excluding hydrogens is 388 g/mol. The first-order valence-corrected chi connectivity index (χ1v) is 10.5. The number of thiophene rings is 1. The molecule has 1 fully saturated rings. The third-order valence-electron chi connectivity index (χ3n) is 4.06. The second kappa shape index (κ2) is 7.42. The molecule has 1 N–H and O–H groups in total. The van der Waals surface area contributed by atoms with Crippen LogP contribution in [0.3, 0.4) is 0 Å². The number of anilines is 1. The predicted molar refractivity (Wildman–Crippen MR) is 107 cm³/mol. The maximum atomic E-state index is 12.5. The Labute approximate surface area is 164 Å². The molecule has 0 spiro atoms. The first-order chi connectivity index (χ1) is 12.6. The summed E-state index contributed by atoms with van der Waals surface area (Å²) in [6, 6.07) is 11.7. The summed E-state index contributed by atoms with van der Waals surface area (Å²) in [5, 5.41) is 14.8. The molecule has 1 saturated carbocycles. The third kappa shape index (κ3) is 3.79. The fourth-order valence-electron chi connectivity index (χ4n) is 2.61. The van der Waals surface area contributed by atoms with E-state index in [4.69, 9.17) is 11.6 Å². The van der Waals surface area contributed by atoms with Crippen LogP contribution in [-0.2, 0) is 4.79 Å². The summed E-state index contributed by atoms with van der Waals surface area (Å²) in [6.07, 6.45) is 2.26. The molecule has 1 atom stereocenters. The average molecular weight is 405 g/mol. The quantitative estimate of drug-likeness (QED) is 0.579. The molecule has 2 heterocycles. The molecule has 0 aliphatic heterocycles. The number of carbonyl (C=O) groups excluding carboxylic acids is 1. The van der Waals surface area contributed by atoms with E-state index in [0.717, 1.165) is 28.7 Å². The van der Waals surface area contributed by atoms with Gasteiger partial charge in [-0.3, -0.25) is 9.36 Å². The predicted octanol–water partition coefficient (Wildman–Crippen LogP) is 5.11. The molecule has 2 aromatic heterocycles. The lowest BCUT2D eigenvalue weighted by Gasteiger charge is -2.13. The summed E-state index contributed by atoms with van der Waals surface area (Å²) >= 11 is 9.06. The second-order valence-electron chi connectivity index (χ2n) is 6.14. The third-order valence-corrected chi connectivity index (χ3v) is 6.22. The fourth-order valence-corrected chi connectivity index (χ4v) is 4.43. The molecule has 26 heavy (non-hydrogen) atoms. The molecule has 1 unspecified atom stereocenters. The molecular formula is C18H17ClN4OS2. The van der Waals surface area contributed by atoms with E-state index in [1.165, 1.54) is 11.8 Å². The van der Waals surface area contributed by atoms with Crippen LogP contribution in [0.15, 0.2) is 46.9 Å². The SMILES string of the molecule is CC(Sc1nnc(-c2cccs2)n1C1CC1)C(=O)Nc1cccc(Cl)c1. The van der Waals surface area contributed by atoms with Gasteiger partial charge in [0.25, 0.3) is 0 Å². The Morgan fingerprint density at radius 2 is 2.19 bits per heavy atom. The molecule has 0 bridgehead atoms. The van der Waals surface area contributed by atoms with Gasteiger partial charge in [0, 0.05) is 16.8 Å². The van der Waals surface area contributed by atoms with Gasteiger partial charge in [-0.25, -0.2) is 0 Å². The Hall–Kier alpha value is -1.83. The highest BCUT2D eigenvalue weighted by Gasteiger charge is 2.31. The number of thioether (sulfide) groups is 1. The van der Waals surface area contributed by atoms with E-state index in [1.807, 2.05) is 30.5 Å². The summed E-state index contributed by atoms with van der Waals surface area (Å²) in [5.74, 6) is 0.813. The monoisotopic (exact) mass is 404 g/mol. The fraction of sp³-hybridized carbons (Fsp3) is 0.278. The Kier molecular flexibility index (Phi) is 5.02. The Bertz CT molecular complexity index is 921. The van der Waals surface area contributed by atoms with E-state index in [9.17, 15) is 4.79 Å². The van der Waals surface area contributed by atoms with Crippen LogP contribution < -0.4 is 5.32 Å². The van der Waals surface area contributed by atoms with Crippen LogP contribution in [-0.4, -0.2) is 25.9 Å². The topological polar surface area (TPSA) is 59.8 Å². The van der Waals surface area contributed by atoms with Gasteiger partial charge in [0.05, 0.1) is 10.1 Å². The summed E-state index contributed by atoms with van der Waals surface area (Å²) in [4.78, 5) is 13.6. The maximum Gasteiger partial charge on any atom is 0.237 e. The number of hydrogen-bond donors (Lipinski definition) is 1. The number of rotatable bonds is 6. The molecule has 8 heteroatoms. The van der Waals surface area contributed by atoms with Crippen LogP contribution in [0.2, 0.25) is 5.02 Å². The molecule has 0 radical (unpaired) electrons. The number of nitrogens with zero attached hydrogens (tertiary/aromatic N) is 3. The van der Waals surface area contributed by atoms with Crippen LogP contribution in [0.25, 0.3) is 10.7 Å². The van der Waals surface area contributed by atoms with Crippen LogP contribution in [0, 0.1) is 0 Å². The van der Waals surface area contributed by atoms with Gasteiger partial charge in [-0.05, 0) is 49.4 Å². The highest BCUT2D eigenvalue weighted by atomic mass is 35.5. The lowest BCUT2D eigenvalue weighted by molar-refractivity contribution is -0.115. The minimum atomic E-state index is -0.299. The second-order valence-corrected chi connectivity index (χ2v) is 8.84. The van der Waals surface area contributed by atoms with Gasteiger partial charge >= 0.3 is 0 Å². The first kappa shape index (κ1) is 17.6. The molecule has 3 aromatic rings. The largest absolute Gasteiger partial charge is 0.325 e. The van der Waals surface area contributed by atoms with Crippen molar-refractivity contribution in [1.82, 2.24) is 14.8 Å². The van der Waals surface area contributed by atoms with Crippen molar-refractivity contribution in [2.24, 2.45) is 0 Å². The van der Waals surface area contributed by atoms with Gasteiger partial charge in [0.1, 0.15) is 0 Å². The lowest BCUT2D eigenvalue weighted by Crippen LogP contribution is -2.22.